The van der Waals surface area contributed by atoms with Crippen molar-refractivity contribution < 1.29 is 9.84 Å². The summed E-state index contributed by atoms with van der Waals surface area (Å²) in [6, 6.07) is 3.95. The van der Waals surface area contributed by atoms with Crippen molar-refractivity contribution in [1.29, 1.82) is 0 Å². The fourth-order valence-corrected chi connectivity index (χ4v) is 2.23. The average Bonchev–Trinajstić information content (AvgIpc) is 2.82. The molecule has 1 N–H and O–H groups in total. The van der Waals surface area contributed by atoms with Gasteiger partial charge in [-0.15, -0.1) is 0 Å². The third-order valence-corrected chi connectivity index (χ3v) is 3.13. The molecule has 3 heterocycles. The van der Waals surface area contributed by atoms with Gasteiger partial charge in [0.15, 0.2) is 0 Å². The van der Waals surface area contributed by atoms with Gasteiger partial charge in [-0.25, -0.2) is 0 Å². The van der Waals surface area contributed by atoms with Gasteiger partial charge in [0.1, 0.15) is 6.10 Å². The fourth-order valence-electron chi connectivity index (χ4n) is 2.23. The molecule has 0 saturated heterocycles. The molecule has 1 unspecified atom stereocenters. The zero-order valence-electron chi connectivity index (χ0n) is 9.99. The molecule has 18 heavy (non-hydrogen) atoms. The molecular formula is C13H15N3O2. The van der Waals surface area contributed by atoms with Gasteiger partial charge in [0.05, 0.1) is 25.5 Å². The Bertz CT molecular complexity index is 524. The normalized spacial score (nSPS) is 18.6. The Morgan fingerprint density at radius 2 is 2.22 bits per heavy atom. The minimum atomic E-state index is -0.271. The summed E-state index contributed by atoms with van der Waals surface area (Å²) in [6.07, 6.45) is 6.19. The van der Waals surface area contributed by atoms with Crippen molar-refractivity contribution in [3.63, 3.8) is 0 Å². The standard InChI is InChI=1S/C13H15N3O2/c17-9-12-13-11(3-6-18-12)8-16(15-13)7-10-1-4-14-5-2-10/h1-2,4-5,8,12,17H,3,6-7,9H2. The van der Waals surface area contributed by atoms with Gasteiger partial charge in [-0.05, 0) is 29.7 Å². The van der Waals surface area contributed by atoms with E-state index in [1.54, 1.807) is 12.4 Å². The van der Waals surface area contributed by atoms with E-state index in [1.165, 1.54) is 5.56 Å². The van der Waals surface area contributed by atoms with Crippen LogP contribution in [0.25, 0.3) is 0 Å². The lowest BCUT2D eigenvalue weighted by molar-refractivity contribution is 0.000440. The number of aliphatic hydroxyl groups excluding tert-OH is 1. The summed E-state index contributed by atoms with van der Waals surface area (Å²) in [4.78, 5) is 3.99. The van der Waals surface area contributed by atoms with Crippen LogP contribution in [0.1, 0.15) is 22.9 Å². The lowest BCUT2D eigenvalue weighted by atomic mass is 10.1. The first-order valence-corrected chi connectivity index (χ1v) is 6.04. The highest BCUT2D eigenvalue weighted by Gasteiger charge is 2.23. The molecule has 5 nitrogen and oxygen atoms in total. The highest BCUT2D eigenvalue weighted by Crippen LogP contribution is 2.25. The maximum absolute atomic E-state index is 9.25. The number of rotatable bonds is 3. The summed E-state index contributed by atoms with van der Waals surface area (Å²) in [5, 5.41) is 13.8. The highest BCUT2D eigenvalue weighted by atomic mass is 16.5. The number of hydrogen-bond acceptors (Lipinski definition) is 4. The molecule has 1 aliphatic rings. The summed E-state index contributed by atoms with van der Waals surface area (Å²) in [6.45, 7) is 1.35. The molecule has 5 heteroatoms. The fraction of sp³-hybridized carbons (Fsp3) is 0.385. The lowest BCUT2D eigenvalue weighted by Crippen LogP contribution is -2.18. The van der Waals surface area contributed by atoms with Crippen LogP contribution in [-0.4, -0.2) is 33.1 Å². The molecule has 0 saturated carbocycles. The van der Waals surface area contributed by atoms with Crippen LogP contribution in [-0.2, 0) is 17.7 Å². The van der Waals surface area contributed by atoms with E-state index in [-0.39, 0.29) is 12.7 Å². The molecule has 0 fully saturated rings. The Hall–Kier alpha value is -1.72. The molecule has 0 spiro atoms. The Morgan fingerprint density at radius 3 is 3.00 bits per heavy atom. The molecule has 94 valence electrons. The molecule has 1 atom stereocenters. The van der Waals surface area contributed by atoms with E-state index in [2.05, 4.69) is 10.1 Å². The molecule has 2 aromatic rings. The second kappa shape index (κ2) is 4.88. The molecule has 1 aliphatic heterocycles. The molecule has 0 radical (unpaired) electrons. The van der Waals surface area contributed by atoms with Gasteiger partial charge in [0.25, 0.3) is 0 Å². The van der Waals surface area contributed by atoms with Crippen molar-refractivity contribution >= 4 is 0 Å². The van der Waals surface area contributed by atoms with Crippen molar-refractivity contribution in [2.45, 2.75) is 19.1 Å². The smallest absolute Gasteiger partial charge is 0.124 e. The first-order chi connectivity index (χ1) is 8.86. The number of hydrogen-bond donors (Lipinski definition) is 1. The molecular weight excluding hydrogens is 230 g/mol. The largest absolute Gasteiger partial charge is 0.393 e. The Morgan fingerprint density at radius 1 is 1.39 bits per heavy atom. The minimum Gasteiger partial charge on any atom is -0.393 e. The molecule has 2 aromatic heterocycles. The Kier molecular flexibility index (Phi) is 3.08. The van der Waals surface area contributed by atoms with E-state index >= 15 is 0 Å². The van der Waals surface area contributed by atoms with Gasteiger partial charge < -0.3 is 9.84 Å². The third kappa shape index (κ3) is 2.14. The quantitative estimate of drug-likeness (QED) is 0.874. The van der Waals surface area contributed by atoms with Gasteiger partial charge in [0.2, 0.25) is 0 Å². The summed E-state index contributed by atoms with van der Waals surface area (Å²) in [7, 11) is 0. The Balaban J connectivity index is 1.84. The average molecular weight is 245 g/mol. The van der Waals surface area contributed by atoms with Crippen LogP contribution in [0.4, 0.5) is 0 Å². The van der Waals surface area contributed by atoms with Gasteiger partial charge in [-0.1, -0.05) is 0 Å². The minimum absolute atomic E-state index is 0.0146. The summed E-state index contributed by atoms with van der Waals surface area (Å²) in [5.74, 6) is 0. The summed E-state index contributed by atoms with van der Waals surface area (Å²) >= 11 is 0. The molecule has 0 aliphatic carbocycles. The van der Waals surface area contributed by atoms with E-state index < -0.39 is 0 Å². The third-order valence-electron chi connectivity index (χ3n) is 3.13. The maximum Gasteiger partial charge on any atom is 0.124 e. The van der Waals surface area contributed by atoms with Crippen molar-refractivity contribution in [3.05, 3.63) is 47.5 Å². The van der Waals surface area contributed by atoms with Crippen LogP contribution in [0, 0.1) is 0 Å². The number of aliphatic hydroxyl groups is 1. The van der Waals surface area contributed by atoms with Crippen LogP contribution in [0.15, 0.2) is 30.7 Å². The molecule has 0 amide bonds. The van der Waals surface area contributed by atoms with Crippen molar-refractivity contribution in [3.8, 4) is 0 Å². The van der Waals surface area contributed by atoms with Crippen molar-refractivity contribution in [2.24, 2.45) is 0 Å². The van der Waals surface area contributed by atoms with Crippen LogP contribution in [0.5, 0.6) is 0 Å². The maximum atomic E-state index is 9.25. The second-order valence-electron chi connectivity index (χ2n) is 4.38. The predicted molar refractivity (Wildman–Crippen MR) is 65.0 cm³/mol. The topological polar surface area (TPSA) is 60.2 Å². The van der Waals surface area contributed by atoms with E-state index in [0.717, 1.165) is 17.7 Å². The van der Waals surface area contributed by atoms with E-state index in [1.807, 2.05) is 23.0 Å². The first-order valence-electron chi connectivity index (χ1n) is 6.04. The summed E-state index contributed by atoms with van der Waals surface area (Å²) < 4.78 is 7.38. The van der Waals surface area contributed by atoms with Gasteiger partial charge in [-0.2, -0.15) is 5.10 Å². The Labute approximate surface area is 105 Å². The molecule has 3 rings (SSSR count). The van der Waals surface area contributed by atoms with E-state index in [0.29, 0.717) is 13.2 Å². The number of ether oxygens (including phenoxy) is 1. The van der Waals surface area contributed by atoms with Gasteiger partial charge in [0, 0.05) is 18.6 Å². The SMILES string of the molecule is OCC1OCCc2cn(Cc3ccncc3)nc21. The second-order valence-corrected chi connectivity index (χ2v) is 4.38. The first kappa shape index (κ1) is 11.4. The van der Waals surface area contributed by atoms with Gasteiger partial charge >= 0.3 is 0 Å². The van der Waals surface area contributed by atoms with Crippen LogP contribution in [0.2, 0.25) is 0 Å². The van der Waals surface area contributed by atoms with Gasteiger partial charge in [-0.3, -0.25) is 9.67 Å². The number of aromatic nitrogens is 3. The van der Waals surface area contributed by atoms with Crippen LogP contribution >= 0.6 is 0 Å². The zero-order chi connectivity index (χ0) is 12.4. The number of fused-ring (bicyclic) bond motifs is 1. The lowest BCUT2D eigenvalue weighted by Gasteiger charge is -2.19. The monoisotopic (exact) mass is 245 g/mol. The number of pyridine rings is 1. The number of nitrogens with zero attached hydrogens (tertiary/aromatic N) is 3. The van der Waals surface area contributed by atoms with E-state index in [9.17, 15) is 5.11 Å². The van der Waals surface area contributed by atoms with E-state index in [4.69, 9.17) is 4.74 Å². The van der Waals surface area contributed by atoms with Crippen LogP contribution < -0.4 is 0 Å². The highest BCUT2D eigenvalue weighted by molar-refractivity contribution is 5.23. The van der Waals surface area contributed by atoms with Crippen molar-refractivity contribution in [1.82, 2.24) is 14.8 Å². The van der Waals surface area contributed by atoms with Crippen molar-refractivity contribution in [2.75, 3.05) is 13.2 Å². The molecule has 0 aromatic carbocycles. The molecule has 0 bridgehead atoms. The predicted octanol–water partition coefficient (Wildman–Crippen LogP) is 0.933. The summed E-state index contributed by atoms with van der Waals surface area (Å²) in [5.41, 5.74) is 3.21. The van der Waals surface area contributed by atoms with Crippen LogP contribution in [0.3, 0.4) is 0 Å². The zero-order valence-corrected chi connectivity index (χ0v) is 9.99.